The average molecular weight is 196 g/mol. The molecule has 0 unspecified atom stereocenters. The zero-order chi connectivity index (χ0) is 11.0. The van der Waals surface area contributed by atoms with E-state index in [-0.39, 0.29) is 6.10 Å². The second-order valence-corrected chi connectivity index (χ2v) is 4.37. The van der Waals surface area contributed by atoms with Crippen LogP contribution in [0.2, 0.25) is 0 Å². The van der Waals surface area contributed by atoms with Gasteiger partial charge in [-0.15, -0.1) is 0 Å². The molecule has 0 spiro atoms. The fraction of sp³-hybridized carbons (Fsp3) is 0.692. The van der Waals surface area contributed by atoms with Crippen LogP contribution in [0.1, 0.15) is 47.0 Å². The van der Waals surface area contributed by atoms with Gasteiger partial charge in [0.25, 0.3) is 0 Å². The van der Waals surface area contributed by atoms with Gasteiger partial charge in [0.2, 0.25) is 0 Å². The highest BCUT2D eigenvalue weighted by Gasteiger charge is 1.97. The molecular formula is C13H24O. The molecule has 1 heteroatoms. The summed E-state index contributed by atoms with van der Waals surface area (Å²) in [5.41, 5.74) is 1.40. The van der Waals surface area contributed by atoms with Crippen molar-refractivity contribution in [3.05, 3.63) is 23.8 Å². The molecule has 0 aliphatic heterocycles. The molecule has 2 atom stereocenters. The van der Waals surface area contributed by atoms with Crippen molar-refractivity contribution in [2.75, 3.05) is 0 Å². The Labute approximate surface area is 88.5 Å². The molecule has 0 aromatic heterocycles. The molecule has 0 rings (SSSR count). The van der Waals surface area contributed by atoms with E-state index in [4.69, 9.17) is 5.11 Å². The van der Waals surface area contributed by atoms with Gasteiger partial charge < -0.3 is 5.11 Å². The van der Waals surface area contributed by atoms with Gasteiger partial charge in [-0.25, -0.2) is 0 Å². The van der Waals surface area contributed by atoms with E-state index in [0.717, 1.165) is 6.42 Å². The van der Waals surface area contributed by atoms with Crippen molar-refractivity contribution in [1.29, 1.82) is 0 Å². The summed E-state index contributed by atoms with van der Waals surface area (Å²) in [5, 5.41) is 9.02. The molecular weight excluding hydrogens is 172 g/mol. The van der Waals surface area contributed by atoms with Gasteiger partial charge >= 0.3 is 0 Å². The van der Waals surface area contributed by atoms with Crippen LogP contribution in [0.15, 0.2) is 23.8 Å². The van der Waals surface area contributed by atoms with E-state index in [1.54, 1.807) is 6.92 Å². The van der Waals surface area contributed by atoms with E-state index >= 15 is 0 Å². The maximum atomic E-state index is 9.02. The molecule has 0 radical (unpaired) electrons. The normalized spacial score (nSPS) is 15.5. The van der Waals surface area contributed by atoms with Crippen LogP contribution in [-0.2, 0) is 0 Å². The SMILES string of the molecule is CC(C)=CCC[C@@H](C)CC=C[C@@H](C)O. The van der Waals surface area contributed by atoms with E-state index in [1.807, 2.05) is 6.08 Å². The van der Waals surface area contributed by atoms with Crippen LogP contribution in [-0.4, -0.2) is 11.2 Å². The number of aliphatic hydroxyl groups is 1. The van der Waals surface area contributed by atoms with Crippen LogP contribution < -0.4 is 0 Å². The lowest BCUT2D eigenvalue weighted by Gasteiger charge is -2.06. The predicted octanol–water partition coefficient (Wildman–Crippen LogP) is 3.70. The quantitative estimate of drug-likeness (QED) is 0.642. The summed E-state index contributed by atoms with van der Waals surface area (Å²) < 4.78 is 0. The molecule has 14 heavy (non-hydrogen) atoms. The highest BCUT2D eigenvalue weighted by atomic mass is 16.3. The second-order valence-electron chi connectivity index (χ2n) is 4.37. The fourth-order valence-electron chi connectivity index (χ4n) is 1.28. The largest absolute Gasteiger partial charge is 0.389 e. The Kier molecular flexibility index (Phi) is 7.50. The van der Waals surface area contributed by atoms with Crippen LogP contribution in [0.3, 0.4) is 0 Å². The third-order valence-electron chi connectivity index (χ3n) is 2.17. The molecule has 0 saturated carbocycles. The predicted molar refractivity (Wildman–Crippen MR) is 63.3 cm³/mol. The third kappa shape index (κ3) is 9.53. The van der Waals surface area contributed by atoms with E-state index in [1.165, 1.54) is 18.4 Å². The Morgan fingerprint density at radius 2 is 1.93 bits per heavy atom. The van der Waals surface area contributed by atoms with E-state index < -0.39 is 0 Å². The zero-order valence-electron chi connectivity index (χ0n) is 9.96. The van der Waals surface area contributed by atoms with Gasteiger partial charge in [-0.2, -0.15) is 0 Å². The highest BCUT2D eigenvalue weighted by molar-refractivity contribution is 4.93. The highest BCUT2D eigenvalue weighted by Crippen LogP contribution is 2.12. The van der Waals surface area contributed by atoms with Gasteiger partial charge in [-0.1, -0.05) is 30.7 Å². The van der Waals surface area contributed by atoms with Gasteiger partial charge in [0.05, 0.1) is 6.10 Å². The first kappa shape index (κ1) is 13.4. The fourth-order valence-corrected chi connectivity index (χ4v) is 1.28. The monoisotopic (exact) mass is 196 g/mol. The Balaban J connectivity index is 3.56. The Morgan fingerprint density at radius 1 is 1.29 bits per heavy atom. The lowest BCUT2D eigenvalue weighted by molar-refractivity contribution is 0.243. The summed E-state index contributed by atoms with van der Waals surface area (Å²) in [7, 11) is 0. The minimum atomic E-state index is -0.306. The number of hydrogen-bond acceptors (Lipinski definition) is 1. The summed E-state index contributed by atoms with van der Waals surface area (Å²) in [6.45, 7) is 8.31. The van der Waals surface area contributed by atoms with Crippen LogP contribution in [0.4, 0.5) is 0 Å². The third-order valence-corrected chi connectivity index (χ3v) is 2.17. The van der Waals surface area contributed by atoms with Crippen molar-refractivity contribution in [2.24, 2.45) is 5.92 Å². The van der Waals surface area contributed by atoms with Crippen molar-refractivity contribution < 1.29 is 5.11 Å². The Morgan fingerprint density at radius 3 is 2.43 bits per heavy atom. The van der Waals surface area contributed by atoms with Gasteiger partial charge in [0.1, 0.15) is 0 Å². The van der Waals surface area contributed by atoms with E-state index in [2.05, 4.69) is 32.9 Å². The summed E-state index contributed by atoms with van der Waals surface area (Å²) in [6.07, 6.45) is 9.40. The van der Waals surface area contributed by atoms with Gasteiger partial charge in [-0.05, 0) is 46.0 Å². The molecule has 0 aromatic carbocycles. The number of aliphatic hydroxyl groups excluding tert-OH is 1. The van der Waals surface area contributed by atoms with E-state index in [0.29, 0.717) is 5.92 Å². The molecule has 0 heterocycles. The van der Waals surface area contributed by atoms with Crippen molar-refractivity contribution >= 4 is 0 Å². The zero-order valence-corrected chi connectivity index (χ0v) is 9.96. The molecule has 0 fully saturated rings. The smallest absolute Gasteiger partial charge is 0.0692 e. The summed E-state index contributed by atoms with van der Waals surface area (Å²) >= 11 is 0. The molecule has 0 amide bonds. The molecule has 1 N–H and O–H groups in total. The first-order chi connectivity index (χ1) is 6.52. The van der Waals surface area contributed by atoms with Gasteiger partial charge in [0.15, 0.2) is 0 Å². The molecule has 0 aliphatic rings. The van der Waals surface area contributed by atoms with Crippen molar-refractivity contribution in [2.45, 2.75) is 53.1 Å². The molecule has 0 saturated heterocycles. The topological polar surface area (TPSA) is 20.2 Å². The molecule has 82 valence electrons. The first-order valence-electron chi connectivity index (χ1n) is 5.50. The first-order valence-corrected chi connectivity index (χ1v) is 5.50. The summed E-state index contributed by atoms with van der Waals surface area (Å²) in [4.78, 5) is 0. The standard InChI is InChI=1S/C13H24O/c1-11(2)7-5-8-12(3)9-6-10-13(4)14/h6-7,10,12-14H,5,8-9H2,1-4H3/t12-,13-/m1/s1. The van der Waals surface area contributed by atoms with Crippen molar-refractivity contribution in [3.8, 4) is 0 Å². The Hall–Kier alpha value is -0.560. The molecule has 0 aliphatic carbocycles. The number of rotatable bonds is 6. The summed E-state index contributed by atoms with van der Waals surface area (Å²) in [5.74, 6) is 0.709. The van der Waals surface area contributed by atoms with Gasteiger partial charge in [-0.3, -0.25) is 0 Å². The minimum Gasteiger partial charge on any atom is -0.389 e. The van der Waals surface area contributed by atoms with Gasteiger partial charge in [0, 0.05) is 0 Å². The maximum absolute atomic E-state index is 9.02. The average Bonchev–Trinajstić information content (AvgIpc) is 2.02. The van der Waals surface area contributed by atoms with Crippen LogP contribution in [0.25, 0.3) is 0 Å². The lowest BCUT2D eigenvalue weighted by atomic mass is 10.0. The molecule has 0 aromatic rings. The molecule has 0 bridgehead atoms. The second kappa shape index (κ2) is 7.81. The lowest BCUT2D eigenvalue weighted by Crippen LogP contribution is -1.95. The van der Waals surface area contributed by atoms with Crippen LogP contribution >= 0.6 is 0 Å². The van der Waals surface area contributed by atoms with Crippen molar-refractivity contribution in [1.82, 2.24) is 0 Å². The van der Waals surface area contributed by atoms with Crippen LogP contribution in [0, 0.1) is 5.92 Å². The number of allylic oxidation sites excluding steroid dienone is 3. The minimum absolute atomic E-state index is 0.306. The van der Waals surface area contributed by atoms with Crippen LogP contribution in [0.5, 0.6) is 0 Å². The Bertz CT molecular complexity index is 185. The summed E-state index contributed by atoms with van der Waals surface area (Å²) in [6, 6.07) is 0. The number of hydrogen-bond donors (Lipinski definition) is 1. The maximum Gasteiger partial charge on any atom is 0.0692 e. The van der Waals surface area contributed by atoms with E-state index in [9.17, 15) is 0 Å². The van der Waals surface area contributed by atoms with Crippen molar-refractivity contribution in [3.63, 3.8) is 0 Å². The molecule has 1 nitrogen and oxygen atoms in total.